The first-order valence-electron chi connectivity index (χ1n) is 9.85. The van der Waals surface area contributed by atoms with Crippen LogP contribution in [0.15, 0.2) is 59.4 Å². The number of nitro groups is 1. The number of anilines is 4. The van der Waals surface area contributed by atoms with Crippen molar-refractivity contribution >= 4 is 69.2 Å². The SMILES string of the molecule is O=CN(c1ccccc1C(F)(F)F)c1cc([N+](=O)[O-])cc2c(=O)[nH]c(Nc3ccc(Cl)c(Cl)c3)nc12. The Labute approximate surface area is 209 Å². The number of carbonyl (C=O) groups is 1. The Kier molecular flexibility index (Phi) is 6.57. The number of fused-ring (bicyclic) bond motifs is 1. The molecule has 9 nitrogen and oxygen atoms in total. The minimum absolute atomic E-state index is 0.0536. The predicted molar refractivity (Wildman–Crippen MR) is 128 cm³/mol. The molecule has 0 saturated heterocycles. The molecule has 184 valence electrons. The Morgan fingerprint density at radius 1 is 1.06 bits per heavy atom. The molecule has 0 unspecified atom stereocenters. The second-order valence-corrected chi connectivity index (χ2v) is 8.09. The van der Waals surface area contributed by atoms with Gasteiger partial charge in [-0.1, -0.05) is 35.3 Å². The van der Waals surface area contributed by atoms with Crippen molar-refractivity contribution in [1.29, 1.82) is 0 Å². The first kappa shape index (κ1) is 24.9. The Morgan fingerprint density at radius 3 is 2.42 bits per heavy atom. The van der Waals surface area contributed by atoms with E-state index in [1.54, 1.807) is 0 Å². The van der Waals surface area contributed by atoms with Gasteiger partial charge in [0.05, 0.1) is 37.3 Å². The van der Waals surface area contributed by atoms with Gasteiger partial charge in [0.2, 0.25) is 12.4 Å². The maximum Gasteiger partial charge on any atom is 0.418 e. The zero-order valence-electron chi connectivity index (χ0n) is 17.6. The molecule has 2 N–H and O–H groups in total. The number of para-hydroxylation sites is 1. The Balaban J connectivity index is 1.97. The third-order valence-electron chi connectivity index (χ3n) is 5.00. The Bertz CT molecular complexity index is 1580. The summed E-state index contributed by atoms with van der Waals surface area (Å²) in [6.45, 7) is 0. The molecule has 0 spiro atoms. The number of rotatable bonds is 6. The van der Waals surface area contributed by atoms with E-state index >= 15 is 0 Å². The highest BCUT2D eigenvalue weighted by Gasteiger charge is 2.35. The number of benzene rings is 3. The highest BCUT2D eigenvalue weighted by Crippen LogP contribution is 2.41. The summed E-state index contributed by atoms with van der Waals surface area (Å²) in [7, 11) is 0. The van der Waals surface area contributed by atoms with Gasteiger partial charge in [0.25, 0.3) is 11.2 Å². The van der Waals surface area contributed by atoms with Crippen LogP contribution in [0.25, 0.3) is 10.9 Å². The molecule has 0 bridgehead atoms. The maximum atomic E-state index is 13.7. The molecule has 0 fully saturated rings. The lowest BCUT2D eigenvalue weighted by atomic mass is 10.1. The number of nitrogens with one attached hydrogen (secondary N) is 2. The number of hydrogen-bond donors (Lipinski definition) is 2. The highest BCUT2D eigenvalue weighted by atomic mass is 35.5. The van der Waals surface area contributed by atoms with Crippen LogP contribution in [0.3, 0.4) is 0 Å². The van der Waals surface area contributed by atoms with Crippen LogP contribution >= 0.6 is 23.2 Å². The van der Waals surface area contributed by atoms with Gasteiger partial charge in [-0.15, -0.1) is 0 Å². The van der Waals surface area contributed by atoms with Crippen LogP contribution in [0.4, 0.5) is 41.9 Å². The number of carbonyl (C=O) groups excluding carboxylic acids is 1. The molecule has 0 radical (unpaired) electrons. The fourth-order valence-corrected chi connectivity index (χ4v) is 3.73. The summed E-state index contributed by atoms with van der Waals surface area (Å²) < 4.78 is 41.0. The molecular weight excluding hydrogens is 526 g/mol. The second kappa shape index (κ2) is 9.47. The van der Waals surface area contributed by atoms with Crippen molar-refractivity contribution in [2.75, 3.05) is 10.2 Å². The molecule has 0 saturated carbocycles. The van der Waals surface area contributed by atoms with Gasteiger partial charge in [-0.05, 0) is 30.3 Å². The van der Waals surface area contributed by atoms with E-state index in [2.05, 4.69) is 15.3 Å². The van der Waals surface area contributed by atoms with Crippen molar-refractivity contribution in [3.63, 3.8) is 0 Å². The summed E-state index contributed by atoms with van der Waals surface area (Å²) >= 11 is 11.9. The number of alkyl halides is 3. The lowest BCUT2D eigenvalue weighted by Gasteiger charge is -2.23. The molecule has 36 heavy (non-hydrogen) atoms. The number of aromatic nitrogens is 2. The summed E-state index contributed by atoms with van der Waals surface area (Å²) in [5.41, 5.74) is -3.58. The van der Waals surface area contributed by atoms with E-state index < -0.39 is 39.3 Å². The van der Waals surface area contributed by atoms with Gasteiger partial charge in [0.15, 0.2) is 0 Å². The lowest BCUT2D eigenvalue weighted by molar-refractivity contribution is -0.384. The largest absolute Gasteiger partial charge is 0.418 e. The molecule has 14 heteroatoms. The summed E-state index contributed by atoms with van der Waals surface area (Å²) in [5, 5.41) is 14.4. The zero-order valence-corrected chi connectivity index (χ0v) is 19.1. The minimum Gasteiger partial charge on any atom is -0.326 e. The number of non-ortho nitro benzene ring substituents is 1. The first-order valence-corrected chi connectivity index (χ1v) is 10.6. The van der Waals surface area contributed by atoms with E-state index in [9.17, 15) is 32.9 Å². The van der Waals surface area contributed by atoms with Gasteiger partial charge in [0.1, 0.15) is 5.52 Å². The topological polar surface area (TPSA) is 121 Å². The highest BCUT2D eigenvalue weighted by molar-refractivity contribution is 6.42. The van der Waals surface area contributed by atoms with Gasteiger partial charge in [0, 0.05) is 17.8 Å². The normalized spacial score (nSPS) is 11.4. The molecule has 0 aliphatic carbocycles. The molecule has 4 aromatic rings. The lowest BCUT2D eigenvalue weighted by Crippen LogP contribution is -2.21. The quantitative estimate of drug-likeness (QED) is 0.172. The summed E-state index contributed by atoms with van der Waals surface area (Å²) in [4.78, 5) is 42.7. The van der Waals surface area contributed by atoms with E-state index in [-0.39, 0.29) is 33.3 Å². The number of amides is 1. The molecular formula is C22H12Cl2F3N5O4. The number of hydrogen-bond acceptors (Lipinski definition) is 6. The van der Waals surface area contributed by atoms with Crippen molar-refractivity contribution in [3.8, 4) is 0 Å². The van der Waals surface area contributed by atoms with Gasteiger partial charge in [-0.25, -0.2) is 4.98 Å². The van der Waals surface area contributed by atoms with Gasteiger partial charge < -0.3 is 5.32 Å². The average molecular weight is 538 g/mol. The average Bonchev–Trinajstić information content (AvgIpc) is 2.82. The van der Waals surface area contributed by atoms with E-state index in [0.29, 0.717) is 10.6 Å². The van der Waals surface area contributed by atoms with Crippen LogP contribution in [0, 0.1) is 10.1 Å². The van der Waals surface area contributed by atoms with Crippen LogP contribution < -0.4 is 15.8 Å². The van der Waals surface area contributed by atoms with Gasteiger partial charge in [-0.2, -0.15) is 13.2 Å². The number of halogens is 5. The smallest absolute Gasteiger partial charge is 0.326 e. The zero-order chi connectivity index (χ0) is 26.2. The monoisotopic (exact) mass is 537 g/mol. The number of nitro benzene ring substituents is 1. The molecule has 0 aliphatic rings. The molecule has 3 aromatic carbocycles. The summed E-state index contributed by atoms with van der Waals surface area (Å²) in [6, 6.07) is 10.4. The third-order valence-corrected chi connectivity index (χ3v) is 5.74. The predicted octanol–water partition coefficient (Wildman–Crippen LogP) is 6.20. The van der Waals surface area contributed by atoms with E-state index in [1.165, 1.54) is 24.3 Å². The summed E-state index contributed by atoms with van der Waals surface area (Å²) in [6.07, 6.45) is -4.79. The molecule has 1 aromatic heterocycles. The van der Waals surface area contributed by atoms with Crippen LogP contribution in [0.1, 0.15) is 5.56 Å². The number of nitrogens with zero attached hydrogens (tertiary/aromatic N) is 3. The number of aromatic amines is 1. The van der Waals surface area contributed by atoms with E-state index in [0.717, 1.165) is 30.3 Å². The minimum atomic E-state index is -4.85. The Morgan fingerprint density at radius 2 is 1.78 bits per heavy atom. The maximum absolute atomic E-state index is 13.7. The van der Waals surface area contributed by atoms with Gasteiger partial charge >= 0.3 is 6.18 Å². The molecule has 0 atom stereocenters. The molecule has 4 rings (SSSR count). The second-order valence-electron chi connectivity index (χ2n) is 7.28. The van der Waals surface area contributed by atoms with Crippen molar-refractivity contribution in [1.82, 2.24) is 9.97 Å². The van der Waals surface area contributed by atoms with Crippen molar-refractivity contribution in [2.45, 2.75) is 6.18 Å². The first-order chi connectivity index (χ1) is 17.0. The standard InChI is InChI=1S/C22H12Cl2F3N5O4/c23-15-6-5-11(7-16(15)24)28-21-29-19-13(20(34)30-21)8-12(32(35)36)9-18(19)31(10-33)17-4-2-1-3-14(17)22(25,26)27/h1-10H,(H2,28,29,30,34). The van der Waals surface area contributed by atoms with Crippen molar-refractivity contribution in [3.05, 3.63) is 90.7 Å². The molecule has 1 amide bonds. The fourth-order valence-electron chi connectivity index (χ4n) is 3.44. The van der Waals surface area contributed by atoms with Crippen LogP contribution in [-0.4, -0.2) is 21.3 Å². The third kappa shape index (κ3) is 4.81. The van der Waals surface area contributed by atoms with Gasteiger partial charge in [-0.3, -0.25) is 29.6 Å². The molecule has 0 aliphatic heterocycles. The fraction of sp³-hybridized carbons (Fsp3) is 0.0455. The van der Waals surface area contributed by atoms with E-state index in [4.69, 9.17) is 23.2 Å². The van der Waals surface area contributed by atoms with Crippen LogP contribution in [0.2, 0.25) is 10.0 Å². The number of H-pyrrole nitrogens is 1. The Hall–Kier alpha value is -4.16. The molecule has 1 heterocycles. The summed E-state index contributed by atoms with van der Waals surface area (Å²) in [5.74, 6) is -0.170. The van der Waals surface area contributed by atoms with E-state index in [1.807, 2.05) is 0 Å². The van der Waals surface area contributed by atoms with Crippen LogP contribution in [0.5, 0.6) is 0 Å². The van der Waals surface area contributed by atoms with Crippen molar-refractivity contribution in [2.24, 2.45) is 0 Å². The van der Waals surface area contributed by atoms with Crippen LogP contribution in [-0.2, 0) is 11.0 Å². The van der Waals surface area contributed by atoms with Crippen molar-refractivity contribution < 1.29 is 22.9 Å².